The first-order valence-corrected chi connectivity index (χ1v) is 13.9. The van der Waals surface area contributed by atoms with Crippen molar-refractivity contribution in [3.05, 3.63) is 76.1 Å². The van der Waals surface area contributed by atoms with Crippen molar-refractivity contribution >= 4 is 29.0 Å². The lowest BCUT2D eigenvalue weighted by atomic mass is 10.1. The lowest BCUT2D eigenvalue weighted by Gasteiger charge is -2.26. The van der Waals surface area contributed by atoms with Crippen LogP contribution in [0.5, 0.6) is 11.5 Å². The monoisotopic (exact) mass is 590 g/mol. The fraction of sp³-hybridized carbons (Fsp3) is 0.379. The fourth-order valence-electron chi connectivity index (χ4n) is 4.67. The zero-order chi connectivity index (χ0) is 29.4. The molecule has 2 heterocycles. The summed E-state index contributed by atoms with van der Waals surface area (Å²) in [6.45, 7) is 4.05. The Morgan fingerprint density at radius 3 is 2.66 bits per heavy atom. The molecule has 2 aliphatic heterocycles. The first-order valence-electron chi connectivity index (χ1n) is 13.5. The molecule has 2 aliphatic rings. The van der Waals surface area contributed by atoms with E-state index in [-0.39, 0.29) is 28.3 Å². The molecule has 1 saturated heterocycles. The number of nitrogens with two attached hydrogens (primary N) is 1. The van der Waals surface area contributed by atoms with Gasteiger partial charge in [0.05, 0.1) is 21.8 Å². The van der Waals surface area contributed by atoms with Crippen LogP contribution in [0.3, 0.4) is 0 Å². The molecule has 0 atom stereocenters. The average Bonchev–Trinajstić information content (AvgIpc) is 3.18. The molecule has 0 aromatic heterocycles. The molecule has 41 heavy (non-hydrogen) atoms. The summed E-state index contributed by atoms with van der Waals surface area (Å²) in [6.07, 6.45) is 1.40. The molecule has 0 radical (unpaired) electrons. The lowest BCUT2D eigenvalue weighted by molar-refractivity contribution is -0.137. The van der Waals surface area contributed by atoms with E-state index < -0.39 is 11.7 Å². The van der Waals surface area contributed by atoms with Crippen LogP contribution in [0.1, 0.15) is 31.2 Å². The summed E-state index contributed by atoms with van der Waals surface area (Å²) in [5.74, 6) is 0.782. The number of halogens is 4. The van der Waals surface area contributed by atoms with E-state index in [1.807, 2.05) is 0 Å². The largest absolute Gasteiger partial charge is 0.456 e. The van der Waals surface area contributed by atoms with E-state index in [1.54, 1.807) is 19.2 Å². The molecule has 4 rings (SSSR count). The van der Waals surface area contributed by atoms with Gasteiger partial charge in [0.15, 0.2) is 0 Å². The number of piperidine rings is 1. The SMILES string of the molecule is CNC1=C(C(N)=Nc2ccc(Oc3cccc(C(F)(F)F)c3)c(Cl)c2)C=C(C(=O)NCCN2CCCCC2)CCN1. The van der Waals surface area contributed by atoms with Gasteiger partial charge in [0, 0.05) is 32.3 Å². The quantitative estimate of drug-likeness (QED) is 0.240. The number of hydrogen-bond acceptors (Lipinski definition) is 6. The third-order valence-corrected chi connectivity index (χ3v) is 7.11. The van der Waals surface area contributed by atoms with Crippen LogP contribution in [0.2, 0.25) is 5.02 Å². The Morgan fingerprint density at radius 1 is 1.17 bits per heavy atom. The van der Waals surface area contributed by atoms with E-state index in [0.717, 1.165) is 31.8 Å². The van der Waals surface area contributed by atoms with Crippen LogP contribution in [-0.4, -0.2) is 56.4 Å². The number of amidine groups is 1. The highest BCUT2D eigenvalue weighted by Crippen LogP contribution is 2.36. The Morgan fingerprint density at radius 2 is 1.95 bits per heavy atom. The third-order valence-electron chi connectivity index (χ3n) is 6.82. The molecule has 2 aromatic rings. The maximum absolute atomic E-state index is 13.0. The second kappa shape index (κ2) is 13.8. The normalized spacial score (nSPS) is 16.9. The van der Waals surface area contributed by atoms with Gasteiger partial charge in [-0.15, -0.1) is 0 Å². The molecular formula is C29H34ClF3N6O2. The van der Waals surface area contributed by atoms with Crippen LogP contribution in [0.25, 0.3) is 0 Å². The Labute approximate surface area is 242 Å². The molecular weight excluding hydrogens is 557 g/mol. The van der Waals surface area contributed by atoms with Crippen molar-refractivity contribution in [3.8, 4) is 11.5 Å². The van der Waals surface area contributed by atoms with Crippen LogP contribution >= 0.6 is 11.6 Å². The maximum atomic E-state index is 13.0. The van der Waals surface area contributed by atoms with Crippen LogP contribution in [0.4, 0.5) is 18.9 Å². The van der Waals surface area contributed by atoms with Gasteiger partial charge in [0.25, 0.3) is 0 Å². The topological polar surface area (TPSA) is 104 Å². The summed E-state index contributed by atoms with van der Waals surface area (Å²) in [5, 5.41) is 9.47. The summed E-state index contributed by atoms with van der Waals surface area (Å²) >= 11 is 6.37. The van der Waals surface area contributed by atoms with E-state index in [1.165, 1.54) is 43.5 Å². The number of nitrogens with one attached hydrogen (secondary N) is 3. The number of likely N-dealkylation sites (tertiary alicyclic amines) is 1. The Kier molecular flexibility index (Phi) is 10.2. The van der Waals surface area contributed by atoms with Crippen LogP contribution < -0.4 is 26.4 Å². The van der Waals surface area contributed by atoms with Gasteiger partial charge < -0.3 is 31.3 Å². The van der Waals surface area contributed by atoms with Crippen LogP contribution in [-0.2, 0) is 11.0 Å². The van der Waals surface area contributed by atoms with Crippen molar-refractivity contribution in [1.29, 1.82) is 0 Å². The highest BCUT2D eigenvalue weighted by atomic mass is 35.5. The van der Waals surface area contributed by atoms with Crippen molar-refractivity contribution in [3.63, 3.8) is 0 Å². The minimum absolute atomic E-state index is 0.00212. The third kappa shape index (κ3) is 8.40. The van der Waals surface area contributed by atoms with Gasteiger partial charge >= 0.3 is 6.18 Å². The van der Waals surface area contributed by atoms with Gasteiger partial charge in [-0.1, -0.05) is 24.1 Å². The zero-order valence-electron chi connectivity index (χ0n) is 22.8. The molecule has 0 saturated carbocycles. The van der Waals surface area contributed by atoms with Crippen LogP contribution in [0.15, 0.2) is 70.5 Å². The second-order valence-corrected chi connectivity index (χ2v) is 10.2. The molecule has 1 fully saturated rings. The zero-order valence-corrected chi connectivity index (χ0v) is 23.5. The van der Waals surface area contributed by atoms with E-state index in [0.29, 0.717) is 42.2 Å². The van der Waals surface area contributed by atoms with Crippen molar-refractivity contribution in [2.75, 3.05) is 39.8 Å². The van der Waals surface area contributed by atoms with Crippen molar-refractivity contribution in [2.24, 2.45) is 10.7 Å². The van der Waals surface area contributed by atoms with Gasteiger partial charge in [-0.3, -0.25) is 4.79 Å². The summed E-state index contributed by atoms with van der Waals surface area (Å²) in [4.78, 5) is 19.8. The Hall–Kier alpha value is -3.70. The fourth-order valence-corrected chi connectivity index (χ4v) is 4.88. The summed E-state index contributed by atoms with van der Waals surface area (Å²) < 4.78 is 44.7. The minimum Gasteiger partial charge on any atom is -0.456 e. The molecule has 5 N–H and O–H groups in total. The van der Waals surface area contributed by atoms with E-state index >= 15 is 0 Å². The van der Waals surface area contributed by atoms with Gasteiger partial charge in [0.1, 0.15) is 23.2 Å². The number of nitrogens with zero attached hydrogens (tertiary/aromatic N) is 2. The second-order valence-electron chi connectivity index (χ2n) is 9.78. The van der Waals surface area contributed by atoms with Gasteiger partial charge in [-0.05, 0) is 74.8 Å². The number of amides is 1. The summed E-state index contributed by atoms with van der Waals surface area (Å²) in [6, 6.07) is 9.13. The minimum atomic E-state index is -4.49. The van der Waals surface area contributed by atoms with Gasteiger partial charge in [-0.25, -0.2) is 4.99 Å². The summed E-state index contributed by atoms with van der Waals surface area (Å²) in [7, 11) is 1.74. The molecule has 8 nitrogen and oxygen atoms in total. The summed E-state index contributed by atoms with van der Waals surface area (Å²) in [5.41, 5.74) is 7.07. The van der Waals surface area contributed by atoms with Crippen molar-refractivity contribution in [2.45, 2.75) is 31.9 Å². The van der Waals surface area contributed by atoms with Crippen LogP contribution in [0, 0.1) is 0 Å². The van der Waals surface area contributed by atoms with Crippen molar-refractivity contribution < 1.29 is 22.7 Å². The maximum Gasteiger partial charge on any atom is 0.416 e. The number of benzene rings is 2. The van der Waals surface area contributed by atoms with E-state index in [2.05, 4.69) is 25.8 Å². The number of alkyl halides is 3. The molecule has 1 amide bonds. The molecule has 12 heteroatoms. The molecule has 220 valence electrons. The number of carbonyl (C=O) groups excluding carboxylic acids is 1. The predicted octanol–water partition coefficient (Wildman–Crippen LogP) is 5.09. The Balaban J connectivity index is 1.48. The molecule has 0 spiro atoms. The first kappa shape index (κ1) is 30.3. The number of ether oxygens (including phenoxy) is 1. The smallest absolute Gasteiger partial charge is 0.416 e. The highest BCUT2D eigenvalue weighted by Gasteiger charge is 2.30. The molecule has 0 unspecified atom stereocenters. The predicted molar refractivity (Wildman–Crippen MR) is 154 cm³/mol. The highest BCUT2D eigenvalue weighted by molar-refractivity contribution is 6.32. The number of rotatable bonds is 9. The molecule has 2 aromatic carbocycles. The van der Waals surface area contributed by atoms with Gasteiger partial charge in [0.2, 0.25) is 5.91 Å². The first-order chi connectivity index (χ1) is 19.6. The molecule has 0 bridgehead atoms. The van der Waals surface area contributed by atoms with Gasteiger partial charge in [-0.2, -0.15) is 13.2 Å². The average molecular weight is 591 g/mol. The number of carbonyl (C=O) groups is 1. The standard InChI is InChI=1S/C29H34ClF3N6O2/c1-35-27-23(16-19(10-11-36-27)28(40)37-12-15-39-13-3-2-4-14-39)26(34)38-21-8-9-25(24(30)18-21)41-22-7-5-6-20(17-22)29(31,32)33/h5-9,16-18,35-36H,2-4,10-15H2,1H3,(H2,34,38)(H,37,40). The van der Waals surface area contributed by atoms with E-state index in [4.69, 9.17) is 22.1 Å². The molecule has 0 aliphatic carbocycles. The van der Waals surface area contributed by atoms with Crippen molar-refractivity contribution in [1.82, 2.24) is 20.9 Å². The Bertz CT molecular complexity index is 1340. The number of hydrogen-bond donors (Lipinski definition) is 4. The number of aliphatic imine (C=N–C) groups is 1. The lowest BCUT2D eigenvalue weighted by Crippen LogP contribution is -2.38. The van der Waals surface area contributed by atoms with E-state index in [9.17, 15) is 18.0 Å².